The Labute approximate surface area is 136 Å². The van der Waals surface area contributed by atoms with Crippen molar-refractivity contribution in [3.63, 3.8) is 0 Å². The van der Waals surface area contributed by atoms with E-state index in [-0.39, 0.29) is 5.69 Å². The number of anilines is 1. The predicted octanol–water partition coefficient (Wildman–Crippen LogP) is 3.20. The smallest absolute Gasteiger partial charge is 0.311 e. The Morgan fingerprint density at radius 1 is 1.12 bits per heavy atom. The molecule has 2 N–H and O–H groups in total. The van der Waals surface area contributed by atoms with Gasteiger partial charge < -0.3 is 10.5 Å². The van der Waals surface area contributed by atoms with E-state index in [0.717, 1.165) is 5.06 Å². The van der Waals surface area contributed by atoms with Crippen LogP contribution in [0.5, 0.6) is 0 Å². The molecule has 1 aromatic carbocycles. The summed E-state index contributed by atoms with van der Waals surface area (Å²) in [6.45, 7) is 6.81. The van der Waals surface area contributed by atoms with Gasteiger partial charge in [0.1, 0.15) is 5.69 Å². The quantitative estimate of drug-likeness (QED) is 0.637. The summed E-state index contributed by atoms with van der Waals surface area (Å²) in [4.78, 5) is 20.1. The molecule has 0 fully saturated rings. The monoisotopic (exact) mass is 340 g/mol. The molecule has 10 heteroatoms. The Morgan fingerprint density at radius 2 is 1.67 bits per heavy atom. The first-order valence-electron chi connectivity index (χ1n) is 7.00. The molecule has 0 saturated carbocycles. The van der Waals surface area contributed by atoms with E-state index in [0.29, 0.717) is 17.8 Å². The summed E-state index contributed by atoms with van der Waals surface area (Å²) >= 11 is 0. The normalized spacial score (nSPS) is 19.0. The number of benzene rings is 1. The lowest BCUT2D eigenvalue weighted by Crippen LogP contribution is -2.48. The molecule has 0 aliphatic carbocycles. The molecule has 0 spiro atoms. The van der Waals surface area contributed by atoms with E-state index in [4.69, 9.17) is 0 Å². The van der Waals surface area contributed by atoms with Gasteiger partial charge in [-0.1, -0.05) is 0 Å². The van der Waals surface area contributed by atoms with Gasteiger partial charge in [-0.05, 0) is 33.8 Å². The molecule has 0 radical (unpaired) electrons. The van der Waals surface area contributed by atoms with Crippen LogP contribution in [0.4, 0.5) is 21.5 Å². The van der Waals surface area contributed by atoms with Crippen molar-refractivity contribution in [3.8, 4) is 0 Å². The van der Waals surface area contributed by atoms with Crippen LogP contribution in [0.1, 0.15) is 27.7 Å². The van der Waals surface area contributed by atoms with Crippen LogP contribution in [0.15, 0.2) is 23.9 Å². The second-order valence-corrected chi connectivity index (χ2v) is 6.54. The van der Waals surface area contributed by atoms with E-state index in [1.165, 1.54) is 0 Å². The van der Waals surface area contributed by atoms with E-state index in [1.807, 2.05) is 0 Å². The highest BCUT2D eigenvalue weighted by atomic mass is 19.1. The van der Waals surface area contributed by atoms with Crippen molar-refractivity contribution in [1.82, 2.24) is 5.06 Å². The molecule has 0 saturated heterocycles. The third-order valence-electron chi connectivity index (χ3n) is 3.96. The van der Waals surface area contributed by atoms with Crippen LogP contribution >= 0.6 is 0 Å². The van der Waals surface area contributed by atoms with Gasteiger partial charge in [0.15, 0.2) is 0 Å². The first-order valence-corrected chi connectivity index (χ1v) is 7.00. The summed E-state index contributed by atoms with van der Waals surface area (Å²) in [5.41, 5.74) is -3.10. The van der Waals surface area contributed by atoms with Crippen LogP contribution in [0.3, 0.4) is 0 Å². The average Bonchev–Trinajstić information content (AvgIpc) is 2.58. The Bertz CT molecular complexity index is 760. The van der Waals surface area contributed by atoms with Crippen molar-refractivity contribution in [2.75, 3.05) is 5.32 Å². The SMILES string of the molecule is CC1(C)C=C(Nc2cc(F)c([N+](=O)[O-])cc2[N+](=O)[O-])C(C)(C)N1O. The zero-order valence-electron chi connectivity index (χ0n) is 13.5. The lowest BCUT2D eigenvalue weighted by atomic mass is 10.0. The van der Waals surface area contributed by atoms with Gasteiger partial charge in [0, 0.05) is 11.8 Å². The van der Waals surface area contributed by atoms with E-state index in [1.54, 1.807) is 33.8 Å². The highest BCUT2D eigenvalue weighted by Crippen LogP contribution is 2.40. The number of hydrogen-bond donors (Lipinski definition) is 2. The highest BCUT2D eigenvalue weighted by molar-refractivity contribution is 5.69. The molecular weight excluding hydrogens is 323 g/mol. The summed E-state index contributed by atoms with van der Waals surface area (Å²) in [7, 11) is 0. The summed E-state index contributed by atoms with van der Waals surface area (Å²) in [5.74, 6) is -1.19. The molecule has 1 aromatic rings. The fourth-order valence-corrected chi connectivity index (χ4v) is 2.70. The molecule has 0 amide bonds. The minimum atomic E-state index is -1.19. The van der Waals surface area contributed by atoms with Crippen LogP contribution in [0.2, 0.25) is 0 Å². The van der Waals surface area contributed by atoms with Crippen LogP contribution in [0, 0.1) is 26.0 Å². The zero-order valence-corrected chi connectivity index (χ0v) is 13.5. The van der Waals surface area contributed by atoms with Gasteiger partial charge in [-0.2, -0.15) is 9.45 Å². The van der Waals surface area contributed by atoms with E-state index in [9.17, 15) is 29.8 Å². The van der Waals surface area contributed by atoms with Gasteiger partial charge in [0.2, 0.25) is 5.82 Å². The standard InChI is InChI=1S/C14H17FN4O5/c1-13(2)7-12(14(3,4)19(13)24)16-9-5-8(15)10(17(20)21)6-11(9)18(22)23/h5-7,16,24H,1-4H3. The molecule has 130 valence electrons. The molecule has 1 aliphatic rings. The summed E-state index contributed by atoms with van der Waals surface area (Å²) in [6, 6.07) is 1.28. The maximum Gasteiger partial charge on any atom is 0.311 e. The third kappa shape index (κ3) is 2.81. The molecule has 0 aromatic heterocycles. The zero-order chi connectivity index (χ0) is 18.4. The number of rotatable bonds is 4. The van der Waals surface area contributed by atoms with Crippen LogP contribution in [-0.2, 0) is 0 Å². The molecule has 9 nitrogen and oxygen atoms in total. The van der Waals surface area contributed by atoms with Crippen molar-refractivity contribution in [2.45, 2.75) is 38.8 Å². The van der Waals surface area contributed by atoms with Crippen LogP contribution < -0.4 is 5.32 Å². The summed E-state index contributed by atoms with van der Waals surface area (Å²) < 4.78 is 13.9. The first kappa shape index (κ1) is 17.8. The Morgan fingerprint density at radius 3 is 2.08 bits per heavy atom. The topological polar surface area (TPSA) is 122 Å². The number of nitro benzene ring substituents is 2. The molecule has 0 unspecified atom stereocenters. The van der Waals surface area contributed by atoms with Crippen LogP contribution in [0.25, 0.3) is 0 Å². The van der Waals surface area contributed by atoms with E-state index >= 15 is 0 Å². The minimum Gasteiger partial charge on any atom is -0.352 e. The fraction of sp³-hybridized carbons (Fsp3) is 0.429. The lowest BCUT2D eigenvalue weighted by molar-refractivity contribution is -0.395. The van der Waals surface area contributed by atoms with E-state index in [2.05, 4.69) is 5.32 Å². The largest absolute Gasteiger partial charge is 0.352 e. The van der Waals surface area contributed by atoms with Gasteiger partial charge in [-0.15, -0.1) is 0 Å². The summed E-state index contributed by atoms with van der Waals surface area (Å²) in [6.07, 6.45) is 1.65. The van der Waals surface area contributed by atoms with Gasteiger partial charge in [-0.25, -0.2) is 0 Å². The number of halogens is 1. The lowest BCUT2D eigenvalue weighted by Gasteiger charge is -2.36. The number of hydrogen-bond acceptors (Lipinski definition) is 7. The third-order valence-corrected chi connectivity index (χ3v) is 3.96. The van der Waals surface area contributed by atoms with Crippen LogP contribution in [-0.4, -0.2) is 31.2 Å². The Kier molecular flexibility index (Phi) is 4.07. The molecule has 2 rings (SSSR count). The predicted molar refractivity (Wildman–Crippen MR) is 83.2 cm³/mol. The molecule has 0 bridgehead atoms. The number of nitrogens with zero attached hydrogens (tertiary/aromatic N) is 3. The summed E-state index contributed by atoms with van der Waals surface area (Å²) in [5, 5.41) is 36.0. The highest BCUT2D eigenvalue weighted by Gasteiger charge is 2.46. The van der Waals surface area contributed by atoms with E-state index < -0.39 is 38.1 Å². The van der Waals surface area contributed by atoms with Crippen molar-refractivity contribution in [2.24, 2.45) is 0 Å². The van der Waals surface area contributed by atoms with Crippen molar-refractivity contribution >= 4 is 17.1 Å². The van der Waals surface area contributed by atoms with Gasteiger partial charge >= 0.3 is 5.69 Å². The molecule has 1 heterocycles. The maximum absolute atomic E-state index is 13.9. The molecule has 0 atom stereocenters. The van der Waals surface area contributed by atoms with Gasteiger partial charge in [0.05, 0.1) is 27.0 Å². The second kappa shape index (κ2) is 5.49. The van der Waals surface area contributed by atoms with Crippen molar-refractivity contribution in [3.05, 3.63) is 50.0 Å². The van der Waals surface area contributed by atoms with Gasteiger partial charge in [0.25, 0.3) is 5.69 Å². The molecule has 24 heavy (non-hydrogen) atoms. The van der Waals surface area contributed by atoms with Crippen molar-refractivity contribution in [1.29, 1.82) is 0 Å². The maximum atomic E-state index is 13.9. The fourth-order valence-electron chi connectivity index (χ4n) is 2.70. The number of hydroxylamine groups is 2. The molecule has 1 aliphatic heterocycles. The van der Waals surface area contributed by atoms with Gasteiger partial charge in [-0.3, -0.25) is 20.2 Å². The van der Waals surface area contributed by atoms with Crippen molar-refractivity contribution < 1.29 is 19.4 Å². The minimum absolute atomic E-state index is 0.228. The first-order chi connectivity index (χ1) is 10.9. The Hall–Kier alpha value is -2.59. The second-order valence-electron chi connectivity index (χ2n) is 6.54. The Balaban J connectivity index is 2.53. The number of nitrogens with one attached hydrogen (secondary N) is 1. The molecular formula is C14H17FN4O5. The average molecular weight is 340 g/mol. The number of nitro groups is 2.